The molecule has 3 amide bonds. The molecule has 8 heteroatoms. The second-order valence-electron chi connectivity index (χ2n) is 6.55. The van der Waals surface area contributed by atoms with Crippen molar-refractivity contribution in [3.05, 3.63) is 28.6 Å². The Morgan fingerprint density at radius 1 is 1.32 bits per heavy atom. The SMILES string of the molecule is CCCn1c(C)cc(/C=C(\C#N)C(=O)OCC(=O)NC(=O)N[C@@H](C)CC)c1C. The van der Waals surface area contributed by atoms with Crippen LogP contribution in [0, 0.1) is 25.2 Å². The smallest absolute Gasteiger partial charge is 0.349 e. The lowest BCUT2D eigenvalue weighted by atomic mass is 10.1. The summed E-state index contributed by atoms with van der Waals surface area (Å²) in [6.07, 6.45) is 3.13. The molecule has 1 heterocycles. The topological polar surface area (TPSA) is 113 Å². The van der Waals surface area contributed by atoms with Gasteiger partial charge < -0.3 is 14.6 Å². The Bertz CT molecular complexity index is 802. The lowest BCUT2D eigenvalue weighted by molar-refractivity contribution is -0.144. The number of nitrogens with zero attached hydrogens (tertiary/aromatic N) is 2. The molecular formula is C20H28N4O4. The minimum absolute atomic E-state index is 0.0878. The van der Waals surface area contributed by atoms with Crippen LogP contribution in [0.2, 0.25) is 0 Å². The Morgan fingerprint density at radius 3 is 2.57 bits per heavy atom. The first kappa shape index (κ1) is 23.0. The number of aromatic nitrogens is 1. The monoisotopic (exact) mass is 388 g/mol. The van der Waals surface area contributed by atoms with E-state index in [1.54, 1.807) is 13.0 Å². The summed E-state index contributed by atoms with van der Waals surface area (Å²) >= 11 is 0. The zero-order chi connectivity index (χ0) is 21.3. The maximum Gasteiger partial charge on any atom is 0.349 e. The quantitative estimate of drug-likeness (QED) is 0.404. The minimum Gasteiger partial charge on any atom is -0.451 e. The minimum atomic E-state index is -0.916. The molecule has 1 aromatic heterocycles. The summed E-state index contributed by atoms with van der Waals surface area (Å²) in [7, 11) is 0. The largest absolute Gasteiger partial charge is 0.451 e. The van der Waals surface area contributed by atoms with Gasteiger partial charge in [-0.25, -0.2) is 9.59 Å². The van der Waals surface area contributed by atoms with E-state index < -0.39 is 24.5 Å². The van der Waals surface area contributed by atoms with Crippen molar-refractivity contribution in [2.24, 2.45) is 0 Å². The van der Waals surface area contributed by atoms with Crippen molar-refractivity contribution in [2.45, 2.75) is 60.0 Å². The van der Waals surface area contributed by atoms with E-state index in [4.69, 9.17) is 4.74 Å². The highest BCUT2D eigenvalue weighted by Gasteiger charge is 2.16. The van der Waals surface area contributed by atoms with Crippen LogP contribution >= 0.6 is 0 Å². The van der Waals surface area contributed by atoms with Crippen LogP contribution in [-0.2, 0) is 20.9 Å². The van der Waals surface area contributed by atoms with E-state index in [9.17, 15) is 19.6 Å². The van der Waals surface area contributed by atoms with Gasteiger partial charge in [-0.15, -0.1) is 0 Å². The molecule has 0 aliphatic carbocycles. The van der Waals surface area contributed by atoms with E-state index in [-0.39, 0.29) is 11.6 Å². The highest BCUT2D eigenvalue weighted by atomic mass is 16.5. The first-order valence-electron chi connectivity index (χ1n) is 9.29. The molecule has 0 unspecified atom stereocenters. The Kier molecular flexibility index (Phi) is 8.96. The van der Waals surface area contributed by atoms with E-state index in [2.05, 4.69) is 22.1 Å². The van der Waals surface area contributed by atoms with Crippen molar-refractivity contribution in [3.63, 3.8) is 0 Å². The van der Waals surface area contributed by atoms with Crippen LogP contribution < -0.4 is 10.6 Å². The van der Waals surface area contributed by atoms with Crippen molar-refractivity contribution in [1.29, 1.82) is 5.26 Å². The van der Waals surface area contributed by atoms with Crippen LogP contribution in [0.1, 0.15) is 50.6 Å². The van der Waals surface area contributed by atoms with E-state index in [0.29, 0.717) is 6.42 Å². The number of ether oxygens (including phenoxy) is 1. The molecule has 2 N–H and O–H groups in total. The van der Waals surface area contributed by atoms with Crippen molar-refractivity contribution in [3.8, 4) is 6.07 Å². The average Bonchev–Trinajstić information content (AvgIpc) is 2.91. The molecule has 1 atom stereocenters. The fraction of sp³-hybridized carbons (Fsp3) is 0.500. The van der Waals surface area contributed by atoms with Crippen LogP contribution in [0.4, 0.5) is 4.79 Å². The van der Waals surface area contributed by atoms with Crippen LogP contribution in [0.15, 0.2) is 11.6 Å². The normalized spacial score (nSPS) is 12.1. The second-order valence-corrected chi connectivity index (χ2v) is 6.55. The average molecular weight is 388 g/mol. The molecule has 0 radical (unpaired) electrons. The van der Waals surface area contributed by atoms with Crippen LogP contribution in [-0.4, -0.2) is 35.1 Å². The van der Waals surface area contributed by atoms with Crippen LogP contribution in [0.3, 0.4) is 0 Å². The Labute approximate surface area is 165 Å². The molecule has 8 nitrogen and oxygen atoms in total. The number of urea groups is 1. The molecular weight excluding hydrogens is 360 g/mol. The molecule has 0 spiro atoms. The number of carbonyl (C=O) groups excluding carboxylic acids is 3. The molecule has 0 saturated heterocycles. The lowest BCUT2D eigenvalue weighted by Gasteiger charge is -2.11. The maximum atomic E-state index is 12.1. The zero-order valence-corrected chi connectivity index (χ0v) is 17.1. The Morgan fingerprint density at radius 2 is 2.00 bits per heavy atom. The van der Waals surface area contributed by atoms with Crippen molar-refractivity contribution >= 4 is 24.0 Å². The molecule has 1 aromatic rings. The highest BCUT2D eigenvalue weighted by Crippen LogP contribution is 2.19. The third-order valence-corrected chi connectivity index (χ3v) is 4.28. The molecule has 1 rings (SSSR count). The highest BCUT2D eigenvalue weighted by molar-refractivity contribution is 6.00. The lowest BCUT2D eigenvalue weighted by Crippen LogP contribution is -2.44. The van der Waals surface area contributed by atoms with Gasteiger partial charge in [0, 0.05) is 24.0 Å². The first-order valence-corrected chi connectivity index (χ1v) is 9.29. The fourth-order valence-electron chi connectivity index (χ4n) is 2.57. The summed E-state index contributed by atoms with van der Waals surface area (Å²) < 4.78 is 6.96. The molecule has 0 fully saturated rings. The van der Waals surface area contributed by atoms with E-state index >= 15 is 0 Å². The summed E-state index contributed by atoms with van der Waals surface area (Å²) in [5.41, 5.74) is 2.51. The summed E-state index contributed by atoms with van der Waals surface area (Å²) in [5.74, 6) is -1.69. The Hall–Kier alpha value is -3.08. The number of nitriles is 1. The molecule has 0 bridgehead atoms. The molecule has 0 saturated carbocycles. The summed E-state index contributed by atoms with van der Waals surface area (Å²) in [5, 5.41) is 13.9. The zero-order valence-electron chi connectivity index (χ0n) is 17.1. The third-order valence-electron chi connectivity index (χ3n) is 4.28. The fourth-order valence-corrected chi connectivity index (χ4v) is 2.57. The molecule has 28 heavy (non-hydrogen) atoms. The van der Waals surface area contributed by atoms with E-state index in [0.717, 1.165) is 29.9 Å². The van der Waals surface area contributed by atoms with Gasteiger partial charge >= 0.3 is 12.0 Å². The van der Waals surface area contributed by atoms with Crippen LogP contribution in [0.25, 0.3) is 6.08 Å². The van der Waals surface area contributed by atoms with Gasteiger partial charge in [-0.1, -0.05) is 13.8 Å². The van der Waals surface area contributed by atoms with Gasteiger partial charge in [-0.05, 0) is 51.3 Å². The van der Waals surface area contributed by atoms with Gasteiger partial charge in [0.2, 0.25) is 0 Å². The number of imide groups is 1. The number of rotatable bonds is 8. The Balaban J connectivity index is 2.73. The first-order chi connectivity index (χ1) is 13.2. The van der Waals surface area contributed by atoms with Gasteiger partial charge in [0.05, 0.1) is 0 Å². The standard InChI is InChI=1S/C20H28N4O4/c1-6-8-24-14(4)9-16(15(24)5)10-17(11-21)19(26)28-12-18(25)23-20(27)22-13(3)7-2/h9-10,13H,6-8,12H2,1-5H3,(H2,22,23,25,27)/b17-10+/t13-/m0/s1. The molecule has 152 valence electrons. The third kappa shape index (κ3) is 6.58. The predicted molar refractivity (Wildman–Crippen MR) is 105 cm³/mol. The van der Waals surface area contributed by atoms with Gasteiger partial charge in [0.1, 0.15) is 11.6 Å². The van der Waals surface area contributed by atoms with E-state index in [1.165, 1.54) is 6.08 Å². The number of nitrogens with one attached hydrogen (secondary N) is 2. The van der Waals surface area contributed by atoms with E-state index in [1.807, 2.05) is 26.8 Å². The van der Waals surface area contributed by atoms with Crippen molar-refractivity contribution in [2.75, 3.05) is 6.61 Å². The number of hydrogen-bond donors (Lipinski definition) is 2. The number of aryl methyl sites for hydroxylation is 1. The van der Waals surface area contributed by atoms with Gasteiger partial charge in [-0.3, -0.25) is 10.1 Å². The van der Waals surface area contributed by atoms with Gasteiger partial charge in [0.15, 0.2) is 6.61 Å². The maximum absolute atomic E-state index is 12.1. The molecule has 0 aliphatic rings. The number of carbonyl (C=O) groups is 3. The molecule has 0 aromatic carbocycles. The molecule has 0 aliphatic heterocycles. The summed E-state index contributed by atoms with van der Waals surface area (Å²) in [6.45, 7) is 9.82. The van der Waals surface area contributed by atoms with Gasteiger partial charge in [-0.2, -0.15) is 5.26 Å². The number of hydrogen-bond acceptors (Lipinski definition) is 5. The second kappa shape index (κ2) is 10.9. The number of amides is 3. The van der Waals surface area contributed by atoms with Crippen LogP contribution in [0.5, 0.6) is 0 Å². The predicted octanol–water partition coefficient (Wildman–Crippen LogP) is 2.59. The van der Waals surface area contributed by atoms with Crippen molar-refractivity contribution in [1.82, 2.24) is 15.2 Å². The summed E-state index contributed by atoms with van der Waals surface area (Å²) in [6, 6.07) is 2.95. The summed E-state index contributed by atoms with van der Waals surface area (Å²) in [4.78, 5) is 35.4. The number of esters is 1. The van der Waals surface area contributed by atoms with Gasteiger partial charge in [0.25, 0.3) is 5.91 Å². The van der Waals surface area contributed by atoms with Crippen molar-refractivity contribution < 1.29 is 19.1 Å².